The lowest BCUT2D eigenvalue weighted by Gasteiger charge is -2.36. The molecule has 0 radical (unpaired) electrons. The third kappa shape index (κ3) is 5.74. The molecule has 1 N–H and O–H groups in total. The lowest BCUT2D eigenvalue weighted by atomic mass is 9.81. The van der Waals surface area contributed by atoms with Crippen LogP contribution in [0.1, 0.15) is 19.8 Å². The molecule has 0 aromatic rings. The van der Waals surface area contributed by atoms with E-state index >= 15 is 0 Å². The molecule has 1 aliphatic rings. The van der Waals surface area contributed by atoms with Crippen molar-refractivity contribution in [2.45, 2.75) is 19.8 Å². The summed E-state index contributed by atoms with van der Waals surface area (Å²) in [5, 5.41) is 3.39. The molecule has 0 aromatic heterocycles. The Bertz CT molecular complexity index is 123. The van der Waals surface area contributed by atoms with E-state index in [0.717, 1.165) is 0 Å². The van der Waals surface area contributed by atoms with E-state index in [9.17, 15) is 0 Å². The van der Waals surface area contributed by atoms with Crippen molar-refractivity contribution in [3.63, 3.8) is 0 Å². The minimum atomic E-state index is 0. The molecule has 4 heteroatoms. The predicted molar refractivity (Wildman–Crippen MR) is 63.3 cm³/mol. The van der Waals surface area contributed by atoms with Crippen molar-refractivity contribution in [2.75, 3.05) is 33.7 Å². The van der Waals surface area contributed by atoms with Crippen LogP contribution in [-0.4, -0.2) is 38.6 Å². The summed E-state index contributed by atoms with van der Waals surface area (Å²) >= 11 is 0. The van der Waals surface area contributed by atoms with Crippen molar-refractivity contribution in [1.82, 2.24) is 10.2 Å². The standard InChI is InChI=1S/C9H20N2.2ClH/c1-9(8-11(2)3)4-6-10-7-5-9;;/h10H,4-8H2,1-3H3;2*1H. The zero-order chi connectivity index (χ0) is 8.32. The fourth-order valence-corrected chi connectivity index (χ4v) is 1.95. The maximum atomic E-state index is 3.39. The SMILES string of the molecule is CN(C)CC1(C)CCNCC1.Cl.Cl. The van der Waals surface area contributed by atoms with Gasteiger partial charge in [0.1, 0.15) is 0 Å². The molecule has 1 saturated heterocycles. The van der Waals surface area contributed by atoms with E-state index in [4.69, 9.17) is 0 Å². The lowest BCUT2D eigenvalue weighted by molar-refractivity contribution is 0.165. The first-order chi connectivity index (χ1) is 5.12. The number of nitrogens with zero attached hydrogens (tertiary/aromatic N) is 1. The van der Waals surface area contributed by atoms with Crippen LogP contribution in [0.4, 0.5) is 0 Å². The molecule has 0 amide bonds. The second-order valence-corrected chi connectivity index (χ2v) is 4.30. The highest BCUT2D eigenvalue weighted by Crippen LogP contribution is 2.27. The van der Waals surface area contributed by atoms with Crippen LogP contribution < -0.4 is 5.32 Å². The molecule has 82 valence electrons. The number of nitrogens with one attached hydrogen (secondary N) is 1. The summed E-state index contributed by atoms with van der Waals surface area (Å²) in [6.07, 6.45) is 2.65. The van der Waals surface area contributed by atoms with E-state index in [1.807, 2.05) is 0 Å². The average molecular weight is 229 g/mol. The normalized spacial score (nSPS) is 20.3. The van der Waals surface area contributed by atoms with Crippen molar-refractivity contribution < 1.29 is 0 Å². The van der Waals surface area contributed by atoms with Gasteiger partial charge in [-0.1, -0.05) is 6.92 Å². The van der Waals surface area contributed by atoms with Crippen LogP contribution in [0, 0.1) is 5.41 Å². The van der Waals surface area contributed by atoms with E-state index < -0.39 is 0 Å². The quantitative estimate of drug-likeness (QED) is 0.776. The minimum absolute atomic E-state index is 0. The Kier molecular flexibility index (Phi) is 8.44. The summed E-state index contributed by atoms with van der Waals surface area (Å²) in [7, 11) is 4.32. The molecule has 0 unspecified atom stereocenters. The van der Waals surface area contributed by atoms with Gasteiger partial charge in [0, 0.05) is 6.54 Å². The molecule has 0 aromatic carbocycles. The van der Waals surface area contributed by atoms with E-state index in [0.29, 0.717) is 5.41 Å². The maximum Gasteiger partial charge on any atom is 0.00302 e. The van der Waals surface area contributed by atoms with Crippen LogP contribution in [0.25, 0.3) is 0 Å². The number of hydrogen-bond acceptors (Lipinski definition) is 2. The Morgan fingerprint density at radius 1 is 1.15 bits per heavy atom. The van der Waals surface area contributed by atoms with Crippen LogP contribution in [-0.2, 0) is 0 Å². The number of piperidine rings is 1. The molecule has 0 bridgehead atoms. The summed E-state index contributed by atoms with van der Waals surface area (Å²) < 4.78 is 0. The third-order valence-electron chi connectivity index (χ3n) is 2.51. The molecule has 0 atom stereocenters. The van der Waals surface area contributed by atoms with Crippen LogP contribution in [0.3, 0.4) is 0 Å². The monoisotopic (exact) mass is 228 g/mol. The Hall–Kier alpha value is 0.500. The zero-order valence-electron chi connectivity index (χ0n) is 8.80. The van der Waals surface area contributed by atoms with Crippen LogP contribution in [0.2, 0.25) is 0 Å². The molecular weight excluding hydrogens is 207 g/mol. The fourth-order valence-electron chi connectivity index (χ4n) is 1.95. The van der Waals surface area contributed by atoms with Crippen molar-refractivity contribution in [3.05, 3.63) is 0 Å². The van der Waals surface area contributed by atoms with Crippen LogP contribution in [0.5, 0.6) is 0 Å². The highest BCUT2D eigenvalue weighted by Gasteiger charge is 2.26. The van der Waals surface area contributed by atoms with Gasteiger partial charge in [0.25, 0.3) is 0 Å². The van der Waals surface area contributed by atoms with Gasteiger partial charge in [-0.25, -0.2) is 0 Å². The predicted octanol–water partition coefficient (Wildman–Crippen LogP) is 1.78. The molecule has 0 spiro atoms. The van der Waals surface area contributed by atoms with E-state index in [1.54, 1.807) is 0 Å². The van der Waals surface area contributed by atoms with Gasteiger partial charge in [-0.05, 0) is 45.4 Å². The number of hydrogen-bond donors (Lipinski definition) is 1. The minimum Gasteiger partial charge on any atom is -0.317 e. The van der Waals surface area contributed by atoms with Crippen LogP contribution >= 0.6 is 24.8 Å². The van der Waals surface area contributed by atoms with Gasteiger partial charge >= 0.3 is 0 Å². The number of rotatable bonds is 2. The highest BCUT2D eigenvalue weighted by molar-refractivity contribution is 5.85. The first-order valence-corrected chi connectivity index (χ1v) is 4.48. The largest absolute Gasteiger partial charge is 0.317 e. The maximum absolute atomic E-state index is 3.39. The second-order valence-electron chi connectivity index (χ2n) is 4.30. The van der Waals surface area contributed by atoms with Crippen molar-refractivity contribution in [2.24, 2.45) is 5.41 Å². The molecule has 0 saturated carbocycles. The van der Waals surface area contributed by atoms with E-state index in [1.165, 1.54) is 32.5 Å². The van der Waals surface area contributed by atoms with Crippen molar-refractivity contribution in [1.29, 1.82) is 0 Å². The first kappa shape index (κ1) is 15.9. The number of halogens is 2. The molecule has 1 rings (SSSR count). The summed E-state index contributed by atoms with van der Waals surface area (Å²) in [5.74, 6) is 0. The fraction of sp³-hybridized carbons (Fsp3) is 1.00. The lowest BCUT2D eigenvalue weighted by Crippen LogP contribution is -2.40. The Balaban J connectivity index is 0. The summed E-state index contributed by atoms with van der Waals surface area (Å²) in [5.41, 5.74) is 0.564. The molecule has 1 aliphatic heterocycles. The Morgan fingerprint density at radius 3 is 2.00 bits per heavy atom. The Morgan fingerprint density at radius 2 is 1.62 bits per heavy atom. The Labute approximate surface area is 94.3 Å². The van der Waals surface area contributed by atoms with Gasteiger partial charge in [0.2, 0.25) is 0 Å². The van der Waals surface area contributed by atoms with Gasteiger partial charge in [-0.3, -0.25) is 0 Å². The second kappa shape index (κ2) is 6.88. The topological polar surface area (TPSA) is 15.3 Å². The zero-order valence-corrected chi connectivity index (χ0v) is 10.4. The van der Waals surface area contributed by atoms with Gasteiger partial charge in [0.05, 0.1) is 0 Å². The highest BCUT2D eigenvalue weighted by atomic mass is 35.5. The van der Waals surface area contributed by atoms with Crippen molar-refractivity contribution in [3.8, 4) is 0 Å². The molecule has 1 heterocycles. The van der Waals surface area contributed by atoms with Crippen LogP contribution in [0.15, 0.2) is 0 Å². The van der Waals surface area contributed by atoms with E-state index in [-0.39, 0.29) is 24.8 Å². The molecule has 13 heavy (non-hydrogen) atoms. The molecule has 2 nitrogen and oxygen atoms in total. The average Bonchev–Trinajstić information content (AvgIpc) is 1.85. The van der Waals surface area contributed by atoms with Crippen molar-refractivity contribution >= 4 is 24.8 Å². The molecular formula is C9H22Cl2N2. The van der Waals surface area contributed by atoms with Gasteiger partial charge < -0.3 is 10.2 Å². The third-order valence-corrected chi connectivity index (χ3v) is 2.51. The van der Waals surface area contributed by atoms with Gasteiger partial charge in [-0.15, -0.1) is 24.8 Å². The first-order valence-electron chi connectivity index (χ1n) is 4.48. The van der Waals surface area contributed by atoms with E-state index in [2.05, 4.69) is 31.2 Å². The smallest absolute Gasteiger partial charge is 0.00302 e. The molecule has 1 fully saturated rings. The summed E-state index contributed by atoms with van der Waals surface area (Å²) in [6.45, 7) is 6.02. The summed E-state index contributed by atoms with van der Waals surface area (Å²) in [6, 6.07) is 0. The molecule has 0 aliphatic carbocycles. The summed E-state index contributed by atoms with van der Waals surface area (Å²) in [4.78, 5) is 2.30. The van der Waals surface area contributed by atoms with Gasteiger partial charge in [0.15, 0.2) is 0 Å². The van der Waals surface area contributed by atoms with Gasteiger partial charge in [-0.2, -0.15) is 0 Å².